The minimum atomic E-state index is -4.33. The molecule has 1 aromatic rings. The van der Waals surface area contributed by atoms with Crippen molar-refractivity contribution >= 4 is 31.9 Å². The molecule has 0 aliphatic rings. The second-order valence-corrected chi connectivity index (χ2v) is 6.07. The van der Waals surface area contributed by atoms with E-state index in [1.807, 2.05) is 4.72 Å². The molecule has 19 heavy (non-hydrogen) atoms. The van der Waals surface area contributed by atoms with Crippen LogP contribution in [0.1, 0.15) is 6.92 Å². The fourth-order valence-corrected chi connectivity index (χ4v) is 3.66. The van der Waals surface area contributed by atoms with Gasteiger partial charge in [-0.05, 0) is 28.9 Å². The number of hydrogen-bond donors (Lipinski definition) is 1. The molecule has 0 radical (unpaired) electrons. The summed E-state index contributed by atoms with van der Waals surface area (Å²) < 4.78 is 56.2. The highest BCUT2D eigenvalue weighted by Crippen LogP contribution is 2.26. The van der Waals surface area contributed by atoms with E-state index in [0.717, 1.165) is 13.2 Å². The Labute approximate surface area is 117 Å². The van der Waals surface area contributed by atoms with Gasteiger partial charge in [-0.1, -0.05) is 0 Å². The molecule has 106 valence electrons. The van der Waals surface area contributed by atoms with Gasteiger partial charge in [0.05, 0.1) is 7.11 Å². The number of sulfonamides is 1. The zero-order valence-corrected chi connectivity index (χ0v) is 12.3. The van der Waals surface area contributed by atoms with E-state index in [1.165, 1.54) is 6.92 Å². The average Bonchev–Trinajstić information content (AvgIpc) is 2.24. The summed E-state index contributed by atoms with van der Waals surface area (Å²) in [6.07, 6.45) is 0. The Morgan fingerprint density at radius 3 is 2.47 bits per heavy atom. The molecule has 0 aromatic heterocycles. The second kappa shape index (κ2) is 5.93. The van der Waals surface area contributed by atoms with E-state index in [2.05, 4.69) is 20.7 Å². The molecule has 5 nitrogen and oxygen atoms in total. The minimum Gasteiger partial charge on any atom is -0.468 e. The van der Waals surface area contributed by atoms with Gasteiger partial charge >= 0.3 is 5.97 Å². The smallest absolute Gasteiger partial charge is 0.323 e. The van der Waals surface area contributed by atoms with Gasteiger partial charge in [0.1, 0.15) is 22.6 Å². The molecule has 0 amide bonds. The average molecular weight is 358 g/mol. The first-order valence-corrected chi connectivity index (χ1v) is 7.21. The van der Waals surface area contributed by atoms with Crippen molar-refractivity contribution < 1.29 is 26.7 Å². The quantitative estimate of drug-likeness (QED) is 0.830. The zero-order chi connectivity index (χ0) is 14.8. The van der Waals surface area contributed by atoms with Crippen LogP contribution >= 0.6 is 15.9 Å². The van der Waals surface area contributed by atoms with Gasteiger partial charge in [0, 0.05) is 10.5 Å². The molecule has 1 N–H and O–H groups in total. The molecule has 0 aliphatic heterocycles. The lowest BCUT2D eigenvalue weighted by Crippen LogP contribution is -2.39. The number of carbonyl (C=O) groups is 1. The van der Waals surface area contributed by atoms with Gasteiger partial charge in [-0.2, -0.15) is 4.72 Å². The number of halogens is 3. The molecule has 0 saturated heterocycles. The van der Waals surface area contributed by atoms with Crippen molar-refractivity contribution in [1.82, 2.24) is 4.72 Å². The van der Waals surface area contributed by atoms with Crippen molar-refractivity contribution in [2.24, 2.45) is 0 Å². The number of nitrogens with one attached hydrogen (secondary N) is 1. The van der Waals surface area contributed by atoms with Gasteiger partial charge < -0.3 is 4.74 Å². The molecule has 1 aromatic carbocycles. The Morgan fingerprint density at radius 1 is 1.42 bits per heavy atom. The Bertz CT molecular complexity index is 583. The molecule has 0 heterocycles. The van der Waals surface area contributed by atoms with E-state index in [9.17, 15) is 22.0 Å². The molecule has 0 aliphatic carbocycles. The topological polar surface area (TPSA) is 72.5 Å². The number of esters is 1. The SMILES string of the molecule is COC(=O)[C@@H](C)NS(=O)(=O)c1c(F)cc(F)cc1Br. The van der Waals surface area contributed by atoms with Crippen LogP contribution in [0.15, 0.2) is 21.5 Å². The van der Waals surface area contributed by atoms with Gasteiger partial charge in [-0.3, -0.25) is 4.79 Å². The van der Waals surface area contributed by atoms with Gasteiger partial charge in [0.2, 0.25) is 10.0 Å². The Morgan fingerprint density at radius 2 is 2.00 bits per heavy atom. The van der Waals surface area contributed by atoms with E-state index in [1.54, 1.807) is 0 Å². The van der Waals surface area contributed by atoms with Crippen LogP contribution in [0.25, 0.3) is 0 Å². The molecule has 1 rings (SSSR count). The van der Waals surface area contributed by atoms with Crippen molar-refractivity contribution in [1.29, 1.82) is 0 Å². The van der Waals surface area contributed by atoms with E-state index < -0.39 is 38.6 Å². The molecule has 0 saturated carbocycles. The van der Waals surface area contributed by atoms with Gasteiger partial charge in [0.25, 0.3) is 0 Å². The molecule has 0 unspecified atom stereocenters. The number of methoxy groups -OCH3 is 1. The van der Waals surface area contributed by atoms with E-state index >= 15 is 0 Å². The lowest BCUT2D eigenvalue weighted by atomic mass is 10.3. The van der Waals surface area contributed by atoms with Crippen LogP contribution < -0.4 is 4.72 Å². The van der Waals surface area contributed by atoms with Crippen molar-refractivity contribution in [3.63, 3.8) is 0 Å². The number of benzene rings is 1. The zero-order valence-electron chi connectivity index (χ0n) is 9.91. The Hall–Kier alpha value is -1.06. The molecule has 0 fully saturated rings. The van der Waals surface area contributed by atoms with Crippen molar-refractivity contribution in [2.45, 2.75) is 17.9 Å². The van der Waals surface area contributed by atoms with Crippen LogP contribution in [-0.2, 0) is 19.6 Å². The first-order chi connectivity index (χ1) is 8.69. The minimum absolute atomic E-state index is 0.283. The predicted octanol–water partition coefficient (Wildman–Crippen LogP) is 1.57. The number of rotatable bonds is 4. The summed E-state index contributed by atoms with van der Waals surface area (Å²) in [5.41, 5.74) is 0. The maximum atomic E-state index is 13.5. The predicted molar refractivity (Wildman–Crippen MR) is 65.9 cm³/mol. The monoisotopic (exact) mass is 357 g/mol. The molecule has 9 heteroatoms. The van der Waals surface area contributed by atoms with Crippen LogP contribution in [0.2, 0.25) is 0 Å². The Kier molecular flexibility index (Phi) is 4.99. The largest absolute Gasteiger partial charge is 0.468 e. The van der Waals surface area contributed by atoms with Crippen LogP contribution in [-0.4, -0.2) is 27.5 Å². The highest BCUT2D eigenvalue weighted by atomic mass is 79.9. The lowest BCUT2D eigenvalue weighted by Gasteiger charge is -2.13. The van der Waals surface area contributed by atoms with Gasteiger partial charge in [-0.25, -0.2) is 17.2 Å². The standard InChI is InChI=1S/C10H10BrF2NO4S/c1-5(10(15)18-2)14-19(16,17)9-7(11)3-6(12)4-8(9)13/h3-5,14H,1-2H3/t5-/m1/s1. The maximum absolute atomic E-state index is 13.5. The second-order valence-electron chi connectivity index (χ2n) is 3.56. The third-order valence-electron chi connectivity index (χ3n) is 2.12. The number of ether oxygens (including phenoxy) is 1. The summed E-state index contributed by atoms with van der Waals surface area (Å²) in [4.78, 5) is 10.4. The van der Waals surface area contributed by atoms with Crippen molar-refractivity contribution in [2.75, 3.05) is 7.11 Å². The maximum Gasteiger partial charge on any atom is 0.323 e. The van der Waals surface area contributed by atoms with Crippen LogP contribution in [0.5, 0.6) is 0 Å². The summed E-state index contributed by atoms with van der Waals surface area (Å²) in [7, 11) is -3.25. The first-order valence-electron chi connectivity index (χ1n) is 4.93. The third kappa shape index (κ3) is 3.71. The third-order valence-corrected chi connectivity index (χ3v) is 4.62. The fraction of sp³-hybridized carbons (Fsp3) is 0.300. The number of carbonyl (C=O) groups excluding carboxylic acids is 1. The highest BCUT2D eigenvalue weighted by Gasteiger charge is 2.27. The Balaban J connectivity index is 3.18. The van der Waals surface area contributed by atoms with Crippen LogP contribution in [0.4, 0.5) is 8.78 Å². The van der Waals surface area contributed by atoms with E-state index in [0.29, 0.717) is 6.07 Å². The van der Waals surface area contributed by atoms with E-state index in [4.69, 9.17) is 0 Å². The van der Waals surface area contributed by atoms with E-state index in [-0.39, 0.29) is 4.47 Å². The molecule has 0 bridgehead atoms. The van der Waals surface area contributed by atoms with Gasteiger partial charge in [-0.15, -0.1) is 0 Å². The summed E-state index contributed by atoms with van der Waals surface area (Å²) >= 11 is 2.76. The molecule has 1 atom stereocenters. The molecule has 0 spiro atoms. The van der Waals surface area contributed by atoms with Crippen molar-refractivity contribution in [3.05, 3.63) is 28.2 Å². The molecular weight excluding hydrogens is 348 g/mol. The van der Waals surface area contributed by atoms with Gasteiger partial charge in [0.15, 0.2) is 0 Å². The highest BCUT2D eigenvalue weighted by molar-refractivity contribution is 9.10. The normalized spacial score (nSPS) is 13.1. The number of hydrogen-bond acceptors (Lipinski definition) is 4. The summed E-state index contributed by atoms with van der Waals surface area (Å²) in [5, 5.41) is 0. The summed E-state index contributed by atoms with van der Waals surface area (Å²) in [5.74, 6) is -3.03. The van der Waals surface area contributed by atoms with Crippen molar-refractivity contribution in [3.8, 4) is 0 Å². The van der Waals surface area contributed by atoms with Crippen LogP contribution in [0, 0.1) is 11.6 Å². The summed E-state index contributed by atoms with van der Waals surface area (Å²) in [6, 6.07) is 0.0362. The lowest BCUT2D eigenvalue weighted by molar-refractivity contribution is -0.142. The molecular formula is C10H10BrF2NO4S. The fourth-order valence-electron chi connectivity index (χ4n) is 1.30. The van der Waals surface area contributed by atoms with Crippen LogP contribution in [0.3, 0.4) is 0 Å². The first kappa shape index (κ1) is 16.0. The summed E-state index contributed by atoms with van der Waals surface area (Å²) in [6.45, 7) is 1.23.